The fourth-order valence-electron chi connectivity index (χ4n) is 3.26. The van der Waals surface area contributed by atoms with E-state index in [0.29, 0.717) is 11.7 Å². The first-order chi connectivity index (χ1) is 9.79. The zero-order valence-electron chi connectivity index (χ0n) is 11.6. The number of likely N-dealkylation sites (tertiary alicyclic amines) is 1. The number of aromatic nitrogens is 1. The number of anilines is 1. The highest BCUT2D eigenvalue weighted by Gasteiger charge is 2.30. The van der Waals surface area contributed by atoms with Crippen molar-refractivity contribution in [2.45, 2.75) is 25.3 Å². The summed E-state index contributed by atoms with van der Waals surface area (Å²) in [6.07, 6.45) is 5.48. The summed E-state index contributed by atoms with van der Waals surface area (Å²) in [7, 11) is 0. The molecule has 2 fully saturated rings. The van der Waals surface area contributed by atoms with Gasteiger partial charge in [-0.3, -0.25) is 9.88 Å². The van der Waals surface area contributed by atoms with Gasteiger partial charge in [-0.25, -0.2) is 0 Å². The molecule has 1 atom stereocenters. The smallest absolute Gasteiger partial charge is 0.190 e. The van der Waals surface area contributed by atoms with E-state index in [4.69, 9.17) is 10.9 Å². The van der Waals surface area contributed by atoms with E-state index in [2.05, 4.69) is 19.9 Å². The lowest BCUT2D eigenvalue weighted by atomic mass is 10.2. The van der Waals surface area contributed by atoms with Gasteiger partial charge in [-0.1, -0.05) is 5.16 Å². The first kappa shape index (κ1) is 13.2. The lowest BCUT2D eigenvalue weighted by Gasteiger charge is -2.25. The number of hydrogen-bond donors (Lipinski definition) is 2. The van der Waals surface area contributed by atoms with Crippen LogP contribution in [-0.4, -0.2) is 53.1 Å². The summed E-state index contributed by atoms with van der Waals surface area (Å²) < 4.78 is 0. The molecule has 6 nitrogen and oxygen atoms in total. The Morgan fingerprint density at radius 2 is 2.15 bits per heavy atom. The molecule has 6 heteroatoms. The van der Waals surface area contributed by atoms with Crippen LogP contribution in [0.25, 0.3) is 0 Å². The fraction of sp³-hybridized carbons (Fsp3) is 0.571. The zero-order valence-corrected chi connectivity index (χ0v) is 11.6. The Hall–Kier alpha value is -1.82. The highest BCUT2D eigenvalue weighted by Crippen LogP contribution is 2.26. The molecule has 20 heavy (non-hydrogen) atoms. The summed E-state index contributed by atoms with van der Waals surface area (Å²) in [6.45, 7) is 4.44. The lowest BCUT2D eigenvalue weighted by molar-refractivity contribution is 0.260. The monoisotopic (exact) mass is 275 g/mol. The van der Waals surface area contributed by atoms with E-state index in [1.54, 1.807) is 6.20 Å². The van der Waals surface area contributed by atoms with Crippen LogP contribution in [0.1, 0.15) is 25.0 Å². The summed E-state index contributed by atoms with van der Waals surface area (Å²) in [5.41, 5.74) is 7.25. The van der Waals surface area contributed by atoms with Crippen molar-refractivity contribution in [1.29, 1.82) is 0 Å². The van der Waals surface area contributed by atoms with E-state index in [9.17, 15) is 0 Å². The van der Waals surface area contributed by atoms with Crippen molar-refractivity contribution in [3.63, 3.8) is 0 Å². The summed E-state index contributed by atoms with van der Waals surface area (Å²) in [5, 5.41) is 12.0. The van der Waals surface area contributed by atoms with E-state index in [1.807, 2.05) is 12.1 Å². The molecule has 0 amide bonds. The van der Waals surface area contributed by atoms with E-state index in [1.165, 1.54) is 32.4 Å². The van der Waals surface area contributed by atoms with Gasteiger partial charge in [-0.15, -0.1) is 0 Å². The number of rotatable bonds is 3. The third-order valence-electron chi connectivity index (χ3n) is 4.30. The number of nitrogens with two attached hydrogens (primary N) is 1. The second kappa shape index (κ2) is 5.66. The van der Waals surface area contributed by atoms with Gasteiger partial charge in [0.2, 0.25) is 0 Å². The van der Waals surface area contributed by atoms with Gasteiger partial charge in [0.25, 0.3) is 0 Å². The lowest BCUT2D eigenvalue weighted by Crippen LogP contribution is -2.35. The molecule has 2 aliphatic rings. The first-order valence-electron chi connectivity index (χ1n) is 7.21. The molecular formula is C14H21N5O. The molecule has 3 N–H and O–H groups in total. The highest BCUT2D eigenvalue weighted by atomic mass is 16.4. The maximum atomic E-state index is 8.88. The molecule has 1 aromatic rings. The minimum Gasteiger partial charge on any atom is -0.409 e. The summed E-state index contributed by atoms with van der Waals surface area (Å²) in [4.78, 5) is 9.12. The van der Waals surface area contributed by atoms with Crippen molar-refractivity contribution in [2.24, 2.45) is 10.9 Å². The zero-order chi connectivity index (χ0) is 13.9. The fourth-order valence-corrected chi connectivity index (χ4v) is 3.26. The topological polar surface area (TPSA) is 78.0 Å². The normalized spacial score (nSPS) is 24.5. The SMILES string of the molecule is N/C(=N/O)c1ncccc1N1CCC(N2CCCC2)C1. The summed E-state index contributed by atoms with van der Waals surface area (Å²) in [6, 6.07) is 4.51. The van der Waals surface area contributed by atoms with Crippen LogP contribution in [0.15, 0.2) is 23.5 Å². The van der Waals surface area contributed by atoms with Crippen molar-refractivity contribution in [3.05, 3.63) is 24.0 Å². The minimum absolute atomic E-state index is 0.0743. The molecule has 0 radical (unpaired) electrons. The first-order valence-corrected chi connectivity index (χ1v) is 7.21. The third-order valence-corrected chi connectivity index (χ3v) is 4.30. The Morgan fingerprint density at radius 1 is 1.35 bits per heavy atom. The van der Waals surface area contributed by atoms with Crippen molar-refractivity contribution >= 4 is 11.5 Å². The second-order valence-corrected chi connectivity index (χ2v) is 5.49. The second-order valence-electron chi connectivity index (χ2n) is 5.49. The molecule has 3 heterocycles. The van der Waals surface area contributed by atoms with E-state index >= 15 is 0 Å². The van der Waals surface area contributed by atoms with E-state index < -0.39 is 0 Å². The maximum absolute atomic E-state index is 8.88. The molecule has 0 saturated carbocycles. The maximum Gasteiger partial charge on any atom is 0.190 e. The molecule has 3 rings (SSSR count). The molecule has 2 aliphatic heterocycles. The van der Waals surface area contributed by atoms with Gasteiger partial charge in [0.1, 0.15) is 5.69 Å². The molecule has 2 saturated heterocycles. The van der Waals surface area contributed by atoms with Gasteiger partial charge in [0.15, 0.2) is 5.84 Å². The Morgan fingerprint density at radius 3 is 2.90 bits per heavy atom. The third kappa shape index (κ3) is 2.43. The minimum atomic E-state index is 0.0743. The van der Waals surface area contributed by atoms with E-state index in [0.717, 1.165) is 18.8 Å². The van der Waals surface area contributed by atoms with Gasteiger partial charge in [0, 0.05) is 25.3 Å². The molecule has 0 spiro atoms. The number of hydrogen-bond acceptors (Lipinski definition) is 5. The van der Waals surface area contributed by atoms with Gasteiger partial charge in [-0.2, -0.15) is 0 Å². The standard InChI is InChI=1S/C14H21N5O/c15-14(17-20)13-12(4-3-6-16-13)19-9-5-11(10-19)18-7-1-2-8-18/h3-4,6,11,20H,1-2,5,7-10H2,(H2,15,17). The van der Waals surface area contributed by atoms with Gasteiger partial charge >= 0.3 is 0 Å². The van der Waals surface area contributed by atoms with Crippen LogP contribution < -0.4 is 10.6 Å². The van der Waals surface area contributed by atoms with Crippen LogP contribution in [-0.2, 0) is 0 Å². The Kier molecular flexibility index (Phi) is 3.73. The van der Waals surface area contributed by atoms with Crippen molar-refractivity contribution in [1.82, 2.24) is 9.88 Å². The number of oxime groups is 1. The number of pyridine rings is 1. The van der Waals surface area contributed by atoms with Crippen molar-refractivity contribution in [3.8, 4) is 0 Å². The summed E-state index contributed by atoms with van der Waals surface area (Å²) in [5.74, 6) is 0.0743. The van der Waals surface area contributed by atoms with Crippen molar-refractivity contribution < 1.29 is 5.21 Å². The van der Waals surface area contributed by atoms with Gasteiger partial charge in [0.05, 0.1) is 5.69 Å². The predicted molar refractivity (Wildman–Crippen MR) is 78.2 cm³/mol. The largest absolute Gasteiger partial charge is 0.409 e. The molecule has 1 unspecified atom stereocenters. The highest BCUT2D eigenvalue weighted by molar-refractivity contribution is 6.00. The van der Waals surface area contributed by atoms with Crippen molar-refractivity contribution in [2.75, 3.05) is 31.1 Å². The quantitative estimate of drug-likeness (QED) is 0.370. The number of nitrogens with zero attached hydrogens (tertiary/aromatic N) is 4. The molecule has 108 valence electrons. The van der Waals surface area contributed by atoms with E-state index in [-0.39, 0.29) is 5.84 Å². The Balaban J connectivity index is 1.77. The van der Waals surface area contributed by atoms with Gasteiger partial charge < -0.3 is 15.8 Å². The Bertz CT molecular complexity index is 498. The summed E-state index contributed by atoms with van der Waals surface area (Å²) >= 11 is 0. The average Bonchev–Trinajstić information content (AvgIpc) is 3.17. The molecule has 0 bridgehead atoms. The van der Waals surface area contributed by atoms with Crippen LogP contribution in [0, 0.1) is 0 Å². The van der Waals surface area contributed by atoms with Crippen LogP contribution >= 0.6 is 0 Å². The van der Waals surface area contributed by atoms with Crippen LogP contribution in [0.4, 0.5) is 5.69 Å². The van der Waals surface area contributed by atoms with Crippen LogP contribution in [0.3, 0.4) is 0 Å². The molecule has 0 aromatic carbocycles. The number of amidine groups is 1. The van der Waals surface area contributed by atoms with Crippen LogP contribution in [0.2, 0.25) is 0 Å². The van der Waals surface area contributed by atoms with Crippen LogP contribution in [0.5, 0.6) is 0 Å². The molecule has 1 aromatic heterocycles. The molecule has 0 aliphatic carbocycles. The Labute approximate surface area is 118 Å². The molecular weight excluding hydrogens is 254 g/mol. The average molecular weight is 275 g/mol. The van der Waals surface area contributed by atoms with Gasteiger partial charge in [-0.05, 0) is 44.5 Å². The predicted octanol–water partition coefficient (Wildman–Crippen LogP) is 0.851.